The summed E-state index contributed by atoms with van der Waals surface area (Å²) in [5.74, 6) is -1.08. The molecule has 0 spiro atoms. The SMILES string of the molecule is O=C(O)C1CCN(C(=O)Nc2ccccc2)CC1. The van der Waals surface area contributed by atoms with Crippen molar-refractivity contribution in [1.29, 1.82) is 0 Å². The highest BCUT2D eigenvalue weighted by molar-refractivity contribution is 5.89. The summed E-state index contributed by atoms with van der Waals surface area (Å²) in [6, 6.07) is 9.07. The first-order valence-corrected chi connectivity index (χ1v) is 6.00. The molecule has 1 aliphatic heterocycles. The molecule has 18 heavy (non-hydrogen) atoms. The second-order valence-electron chi connectivity index (χ2n) is 4.40. The fourth-order valence-electron chi connectivity index (χ4n) is 2.05. The second kappa shape index (κ2) is 5.53. The third kappa shape index (κ3) is 3.00. The van der Waals surface area contributed by atoms with Crippen LogP contribution in [0.5, 0.6) is 0 Å². The van der Waals surface area contributed by atoms with Gasteiger partial charge in [-0.15, -0.1) is 0 Å². The van der Waals surface area contributed by atoms with Gasteiger partial charge in [-0.3, -0.25) is 4.79 Å². The molecule has 1 saturated heterocycles. The first kappa shape index (κ1) is 12.4. The molecule has 2 rings (SSSR count). The maximum atomic E-state index is 11.9. The van der Waals surface area contributed by atoms with Gasteiger partial charge in [-0.05, 0) is 25.0 Å². The lowest BCUT2D eigenvalue weighted by Gasteiger charge is -2.30. The number of aliphatic carboxylic acids is 1. The van der Waals surface area contributed by atoms with Crippen LogP contribution in [0.3, 0.4) is 0 Å². The van der Waals surface area contributed by atoms with Crippen molar-refractivity contribution in [2.24, 2.45) is 5.92 Å². The lowest BCUT2D eigenvalue weighted by Crippen LogP contribution is -2.42. The molecule has 2 amide bonds. The van der Waals surface area contributed by atoms with Crippen LogP contribution in [0.1, 0.15) is 12.8 Å². The largest absolute Gasteiger partial charge is 0.481 e. The fraction of sp³-hybridized carbons (Fsp3) is 0.385. The number of carboxylic acids is 1. The Kier molecular flexibility index (Phi) is 3.82. The number of carbonyl (C=O) groups excluding carboxylic acids is 1. The van der Waals surface area contributed by atoms with Crippen LogP contribution in [0.15, 0.2) is 30.3 Å². The van der Waals surface area contributed by atoms with Gasteiger partial charge in [-0.2, -0.15) is 0 Å². The highest BCUT2D eigenvalue weighted by Crippen LogP contribution is 2.18. The minimum atomic E-state index is -0.766. The number of hydrogen-bond acceptors (Lipinski definition) is 2. The lowest BCUT2D eigenvalue weighted by atomic mass is 9.97. The molecule has 96 valence electrons. The molecule has 1 aromatic carbocycles. The Bertz CT molecular complexity index is 425. The summed E-state index contributed by atoms with van der Waals surface area (Å²) in [6.07, 6.45) is 1.05. The van der Waals surface area contributed by atoms with Crippen molar-refractivity contribution in [2.75, 3.05) is 18.4 Å². The first-order valence-electron chi connectivity index (χ1n) is 6.00. The number of rotatable bonds is 2. The molecule has 0 aromatic heterocycles. The van der Waals surface area contributed by atoms with Gasteiger partial charge in [0.05, 0.1) is 5.92 Å². The molecule has 0 unspecified atom stereocenters. The van der Waals surface area contributed by atoms with E-state index in [4.69, 9.17) is 5.11 Å². The third-order valence-electron chi connectivity index (χ3n) is 3.16. The predicted octanol–water partition coefficient (Wildman–Crippen LogP) is 2.02. The van der Waals surface area contributed by atoms with Crippen molar-refractivity contribution in [2.45, 2.75) is 12.8 Å². The van der Waals surface area contributed by atoms with Crippen molar-refractivity contribution >= 4 is 17.7 Å². The van der Waals surface area contributed by atoms with Crippen molar-refractivity contribution < 1.29 is 14.7 Å². The highest BCUT2D eigenvalue weighted by atomic mass is 16.4. The fourth-order valence-corrected chi connectivity index (χ4v) is 2.05. The smallest absolute Gasteiger partial charge is 0.321 e. The van der Waals surface area contributed by atoms with Crippen molar-refractivity contribution in [1.82, 2.24) is 4.90 Å². The molecule has 1 fully saturated rings. The van der Waals surface area contributed by atoms with Crippen LogP contribution in [-0.4, -0.2) is 35.1 Å². The number of anilines is 1. The molecule has 0 aliphatic carbocycles. The zero-order valence-electron chi connectivity index (χ0n) is 10.0. The van der Waals surface area contributed by atoms with Gasteiger partial charge in [-0.25, -0.2) is 4.79 Å². The number of likely N-dealkylation sites (tertiary alicyclic amines) is 1. The predicted molar refractivity (Wildman–Crippen MR) is 67.4 cm³/mol. The molecule has 5 nitrogen and oxygen atoms in total. The van der Waals surface area contributed by atoms with Crippen molar-refractivity contribution in [3.63, 3.8) is 0 Å². The van der Waals surface area contributed by atoms with Gasteiger partial charge in [0.1, 0.15) is 0 Å². The number of nitrogens with zero attached hydrogens (tertiary/aromatic N) is 1. The number of carbonyl (C=O) groups is 2. The van der Waals surface area contributed by atoms with Crippen LogP contribution < -0.4 is 5.32 Å². The van der Waals surface area contributed by atoms with Crippen molar-refractivity contribution in [3.8, 4) is 0 Å². The van der Waals surface area contributed by atoms with Gasteiger partial charge in [0, 0.05) is 18.8 Å². The van der Waals surface area contributed by atoms with E-state index >= 15 is 0 Å². The number of hydrogen-bond donors (Lipinski definition) is 2. The van der Waals surface area contributed by atoms with Crippen LogP contribution in [0.4, 0.5) is 10.5 Å². The zero-order chi connectivity index (χ0) is 13.0. The number of urea groups is 1. The summed E-state index contributed by atoms with van der Waals surface area (Å²) < 4.78 is 0. The summed E-state index contributed by atoms with van der Waals surface area (Å²) in [5, 5.41) is 11.7. The van der Waals surface area contributed by atoms with E-state index in [9.17, 15) is 9.59 Å². The Balaban J connectivity index is 1.86. The molecular weight excluding hydrogens is 232 g/mol. The number of nitrogens with one attached hydrogen (secondary N) is 1. The summed E-state index contributed by atoms with van der Waals surface area (Å²) >= 11 is 0. The summed E-state index contributed by atoms with van der Waals surface area (Å²) in [6.45, 7) is 0.991. The highest BCUT2D eigenvalue weighted by Gasteiger charge is 2.26. The molecule has 0 bridgehead atoms. The molecule has 2 N–H and O–H groups in total. The number of piperidine rings is 1. The van der Waals surface area contributed by atoms with E-state index in [1.54, 1.807) is 4.90 Å². The average molecular weight is 248 g/mol. The van der Waals surface area contributed by atoms with Crippen molar-refractivity contribution in [3.05, 3.63) is 30.3 Å². The Morgan fingerprint density at radius 3 is 2.33 bits per heavy atom. The molecule has 0 atom stereocenters. The molecule has 0 saturated carbocycles. The van der Waals surface area contributed by atoms with Gasteiger partial charge in [0.15, 0.2) is 0 Å². The monoisotopic (exact) mass is 248 g/mol. The number of amides is 2. The third-order valence-corrected chi connectivity index (χ3v) is 3.16. The van der Waals surface area contributed by atoms with E-state index in [-0.39, 0.29) is 11.9 Å². The minimum Gasteiger partial charge on any atom is -0.481 e. The number of carboxylic acid groups (broad SMARTS) is 1. The quantitative estimate of drug-likeness (QED) is 0.841. The van der Waals surface area contributed by atoms with Crippen LogP contribution in [0.2, 0.25) is 0 Å². The first-order chi connectivity index (χ1) is 8.66. The Morgan fingerprint density at radius 2 is 1.78 bits per heavy atom. The molecule has 5 heteroatoms. The Labute approximate surface area is 105 Å². The van der Waals surface area contributed by atoms with E-state index < -0.39 is 5.97 Å². The van der Waals surface area contributed by atoms with E-state index in [2.05, 4.69) is 5.32 Å². The van der Waals surface area contributed by atoms with Crippen LogP contribution in [0.25, 0.3) is 0 Å². The van der Waals surface area contributed by atoms with E-state index in [0.29, 0.717) is 25.9 Å². The summed E-state index contributed by atoms with van der Waals surface area (Å²) in [7, 11) is 0. The van der Waals surface area contributed by atoms with Crippen LogP contribution in [-0.2, 0) is 4.79 Å². The topological polar surface area (TPSA) is 69.6 Å². The van der Waals surface area contributed by atoms with Crippen LogP contribution in [0, 0.1) is 5.92 Å². The zero-order valence-corrected chi connectivity index (χ0v) is 10.0. The summed E-state index contributed by atoms with van der Waals surface area (Å²) in [4.78, 5) is 24.4. The van der Waals surface area contributed by atoms with E-state index in [1.165, 1.54) is 0 Å². The minimum absolute atomic E-state index is 0.162. The van der Waals surface area contributed by atoms with Gasteiger partial charge in [-0.1, -0.05) is 18.2 Å². The summed E-state index contributed by atoms with van der Waals surface area (Å²) in [5.41, 5.74) is 0.753. The van der Waals surface area contributed by atoms with E-state index in [0.717, 1.165) is 5.69 Å². The maximum Gasteiger partial charge on any atom is 0.321 e. The van der Waals surface area contributed by atoms with Gasteiger partial charge < -0.3 is 15.3 Å². The molecule has 0 radical (unpaired) electrons. The lowest BCUT2D eigenvalue weighted by molar-refractivity contribution is -0.143. The Hall–Kier alpha value is -2.04. The Morgan fingerprint density at radius 1 is 1.17 bits per heavy atom. The number of benzene rings is 1. The van der Waals surface area contributed by atoms with Gasteiger partial charge in [0.25, 0.3) is 0 Å². The van der Waals surface area contributed by atoms with Crippen LogP contribution >= 0.6 is 0 Å². The second-order valence-corrected chi connectivity index (χ2v) is 4.40. The van der Waals surface area contributed by atoms with Gasteiger partial charge >= 0.3 is 12.0 Å². The molecule has 1 aliphatic rings. The maximum absolute atomic E-state index is 11.9. The normalized spacial score (nSPS) is 16.3. The number of para-hydroxylation sites is 1. The van der Waals surface area contributed by atoms with Gasteiger partial charge in [0.2, 0.25) is 0 Å². The van der Waals surface area contributed by atoms with E-state index in [1.807, 2.05) is 30.3 Å². The molecule has 1 aromatic rings. The molecule has 1 heterocycles. The standard InChI is InChI=1S/C13H16N2O3/c16-12(17)10-6-8-15(9-7-10)13(18)14-11-4-2-1-3-5-11/h1-5,10H,6-9H2,(H,14,18)(H,16,17). The molecular formula is C13H16N2O3. The average Bonchev–Trinajstić information content (AvgIpc) is 2.40.